The Labute approximate surface area is 246 Å². The van der Waals surface area contributed by atoms with Gasteiger partial charge in [0, 0.05) is 21.4 Å². The van der Waals surface area contributed by atoms with E-state index in [4.69, 9.17) is 16.6 Å². The van der Waals surface area contributed by atoms with Crippen LogP contribution in [-0.2, 0) is 12.0 Å². The van der Waals surface area contributed by atoms with Crippen molar-refractivity contribution < 1.29 is 5.11 Å². The Balaban J connectivity index is 1.37. The molecule has 0 saturated heterocycles. The highest BCUT2D eigenvalue weighted by Gasteiger charge is 2.32. The molecule has 2 atom stereocenters. The smallest absolute Gasteiger partial charge is 0.0843 e. The van der Waals surface area contributed by atoms with Gasteiger partial charge in [-0.1, -0.05) is 78.3 Å². The number of halogens is 1. The molecule has 1 unspecified atom stereocenters. The lowest BCUT2D eigenvalue weighted by atomic mass is 9.90. The lowest BCUT2D eigenvalue weighted by Crippen LogP contribution is -2.18. The zero-order valence-electron chi connectivity index (χ0n) is 23.1. The van der Waals surface area contributed by atoms with Crippen molar-refractivity contribution in [1.82, 2.24) is 4.98 Å². The molecular weight excluding hydrogens is 532 g/mol. The number of hydrogen-bond acceptors (Lipinski definition) is 4. The second-order valence-corrected chi connectivity index (χ2v) is 12.9. The van der Waals surface area contributed by atoms with Crippen LogP contribution in [0.1, 0.15) is 66.3 Å². The number of aromatic nitrogens is 1. The summed E-state index contributed by atoms with van der Waals surface area (Å²) in [4.78, 5) is 4.75. The molecule has 3 nitrogen and oxygen atoms in total. The maximum absolute atomic E-state index is 10.7. The molecule has 0 amide bonds. The largest absolute Gasteiger partial charge is 0.386 e. The van der Waals surface area contributed by atoms with Crippen LogP contribution in [0.15, 0.2) is 78.9 Å². The number of fused-ring (bicyclic) bond motifs is 1. The number of pyridine rings is 1. The number of thioether (sulfide) groups is 1. The molecule has 40 heavy (non-hydrogen) atoms. The highest BCUT2D eigenvalue weighted by molar-refractivity contribution is 7.99. The highest BCUT2D eigenvalue weighted by Crippen LogP contribution is 2.42. The van der Waals surface area contributed by atoms with Crippen LogP contribution < -0.4 is 0 Å². The van der Waals surface area contributed by atoms with E-state index < -0.39 is 5.60 Å². The summed E-state index contributed by atoms with van der Waals surface area (Å²) in [7, 11) is 0. The Hall–Kier alpha value is -3.10. The summed E-state index contributed by atoms with van der Waals surface area (Å²) in [6.07, 6.45) is 8.30. The van der Waals surface area contributed by atoms with E-state index in [1.807, 2.05) is 74.1 Å². The van der Waals surface area contributed by atoms with Crippen LogP contribution in [0.2, 0.25) is 5.02 Å². The fourth-order valence-corrected chi connectivity index (χ4v) is 6.78. The summed E-state index contributed by atoms with van der Waals surface area (Å²) in [6.45, 7) is 3.69. The van der Waals surface area contributed by atoms with Crippen LogP contribution in [0.3, 0.4) is 0 Å². The molecule has 0 bridgehead atoms. The van der Waals surface area contributed by atoms with Gasteiger partial charge in [0.2, 0.25) is 0 Å². The van der Waals surface area contributed by atoms with Crippen molar-refractivity contribution in [3.8, 4) is 6.07 Å². The number of aliphatic hydroxyl groups is 1. The van der Waals surface area contributed by atoms with Gasteiger partial charge in [-0.25, -0.2) is 4.98 Å². The summed E-state index contributed by atoms with van der Waals surface area (Å²) in [6, 6.07) is 29.3. The van der Waals surface area contributed by atoms with E-state index in [1.54, 1.807) is 0 Å². The second kappa shape index (κ2) is 12.6. The maximum Gasteiger partial charge on any atom is 0.0843 e. The summed E-state index contributed by atoms with van der Waals surface area (Å²) < 4.78 is 0. The maximum atomic E-state index is 10.7. The second-order valence-electron chi connectivity index (χ2n) is 11.2. The van der Waals surface area contributed by atoms with Crippen LogP contribution in [0.25, 0.3) is 23.1 Å². The standard InChI is InChI=1S/C35H35ClN2OS/c1-35(2,39)32-9-4-3-7-26(32)15-19-34(40-23-29(22-37)25-11-12-25)28-8-5-6-24(20-28)10-17-31-18-14-27-13-16-30(36)21-33(27)38-31/h3-10,13-14,16-18,20-21,25,29,34,39H,11-12,15,19,23H2,1-2H3/b17-10+/t29?,34-/m1/s1. The van der Waals surface area contributed by atoms with Gasteiger partial charge in [0.05, 0.1) is 28.8 Å². The van der Waals surface area contributed by atoms with Crippen molar-refractivity contribution in [2.24, 2.45) is 11.8 Å². The monoisotopic (exact) mass is 566 g/mol. The van der Waals surface area contributed by atoms with E-state index in [2.05, 4.69) is 48.5 Å². The topological polar surface area (TPSA) is 56.9 Å². The molecule has 0 radical (unpaired) electrons. The van der Waals surface area contributed by atoms with Crippen LogP contribution in [0, 0.1) is 23.2 Å². The van der Waals surface area contributed by atoms with E-state index >= 15 is 0 Å². The van der Waals surface area contributed by atoms with Gasteiger partial charge >= 0.3 is 0 Å². The molecule has 0 aliphatic heterocycles. The first kappa shape index (κ1) is 28.4. The Morgan fingerprint density at radius 1 is 1.05 bits per heavy atom. The third-order valence-corrected chi connectivity index (χ3v) is 9.29. The predicted octanol–water partition coefficient (Wildman–Crippen LogP) is 9.24. The van der Waals surface area contributed by atoms with Gasteiger partial charge in [-0.2, -0.15) is 17.0 Å². The summed E-state index contributed by atoms with van der Waals surface area (Å²) in [5.74, 6) is 1.53. The highest BCUT2D eigenvalue weighted by atomic mass is 35.5. The molecule has 4 aromatic rings. The van der Waals surface area contributed by atoms with Crippen LogP contribution in [0.5, 0.6) is 0 Å². The SMILES string of the molecule is CC(C)(O)c1ccccc1CC[C@@H](SCC(C#N)C1CC1)c1cccc(/C=C/c2ccc3ccc(Cl)cc3n2)c1. The third kappa shape index (κ3) is 7.34. The Morgan fingerprint density at radius 2 is 1.85 bits per heavy atom. The van der Waals surface area contributed by atoms with Gasteiger partial charge in [0.1, 0.15) is 0 Å². The zero-order valence-corrected chi connectivity index (χ0v) is 24.6. The molecule has 1 heterocycles. The average molecular weight is 567 g/mol. The number of aryl methyl sites for hydroxylation is 1. The minimum absolute atomic E-state index is 0.117. The molecular formula is C35H35ClN2OS. The molecule has 1 aliphatic rings. The first-order valence-electron chi connectivity index (χ1n) is 14.0. The van der Waals surface area contributed by atoms with Crippen LogP contribution >= 0.6 is 23.4 Å². The number of nitriles is 1. The molecule has 5 heteroatoms. The molecule has 5 rings (SSSR count). The molecule has 1 fully saturated rings. The molecule has 204 valence electrons. The van der Waals surface area contributed by atoms with Crippen molar-refractivity contribution in [2.45, 2.75) is 50.4 Å². The molecule has 1 saturated carbocycles. The van der Waals surface area contributed by atoms with Gasteiger partial charge in [0.15, 0.2) is 0 Å². The van der Waals surface area contributed by atoms with Crippen molar-refractivity contribution >= 4 is 46.4 Å². The first-order chi connectivity index (χ1) is 19.3. The number of benzene rings is 3. The summed E-state index contributed by atoms with van der Waals surface area (Å²) in [5.41, 5.74) is 5.42. The summed E-state index contributed by atoms with van der Waals surface area (Å²) in [5, 5.41) is 22.5. The van der Waals surface area contributed by atoms with Gasteiger partial charge in [-0.3, -0.25) is 0 Å². The van der Waals surface area contributed by atoms with Gasteiger partial charge < -0.3 is 5.11 Å². The Bertz CT molecular complexity index is 1550. The third-order valence-electron chi connectivity index (χ3n) is 7.59. The number of nitrogens with zero attached hydrogens (tertiary/aromatic N) is 2. The molecule has 1 N–H and O–H groups in total. The normalized spacial score (nSPS) is 15.3. The van der Waals surface area contributed by atoms with Crippen molar-refractivity contribution in [3.05, 3.63) is 112 Å². The van der Waals surface area contributed by atoms with E-state index in [1.165, 1.54) is 24.0 Å². The van der Waals surface area contributed by atoms with Crippen molar-refractivity contribution in [3.63, 3.8) is 0 Å². The minimum Gasteiger partial charge on any atom is -0.386 e. The van der Waals surface area contributed by atoms with Crippen molar-refractivity contribution in [2.75, 3.05) is 5.75 Å². The molecule has 1 aliphatic carbocycles. The van der Waals surface area contributed by atoms with Crippen molar-refractivity contribution in [1.29, 1.82) is 5.26 Å². The quantitative estimate of drug-likeness (QED) is 0.196. The lowest BCUT2D eigenvalue weighted by molar-refractivity contribution is 0.0776. The van der Waals surface area contributed by atoms with Crippen LogP contribution in [-0.4, -0.2) is 15.8 Å². The fraction of sp³-hybridized carbons (Fsp3) is 0.314. The predicted molar refractivity (Wildman–Crippen MR) is 169 cm³/mol. The first-order valence-corrected chi connectivity index (χ1v) is 15.4. The van der Waals surface area contributed by atoms with E-state index in [0.717, 1.165) is 46.3 Å². The number of rotatable bonds is 11. The molecule has 0 spiro atoms. The van der Waals surface area contributed by atoms with Crippen LogP contribution in [0.4, 0.5) is 0 Å². The van der Waals surface area contributed by atoms with E-state index in [-0.39, 0.29) is 11.2 Å². The van der Waals surface area contributed by atoms with Gasteiger partial charge in [-0.15, -0.1) is 0 Å². The average Bonchev–Trinajstić information content (AvgIpc) is 3.79. The summed E-state index contributed by atoms with van der Waals surface area (Å²) >= 11 is 8.07. The Kier molecular flexibility index (Phi) is 8.96. The lowest BCUT2D eigenvalue weighted by Gasteiger charge is -2.24. The minimum atomic E-state index is -0.885. The van der Waals surface area contributed by atoms with Gasteiger partial charge in [-0.05, 0) is 92.0 Å². The Morgan fingerprint density at radius 3 is 2.62 bits per heavy atom. The molecule has 1 aromatic heterocycles. The number of hydrogen-bond donors (Lipinski definition) is 1. The zero-order chi connectivity index (χ0) is 28.1. The van der Waals surface area contributed by atoms with E-state index in [9.17, 15) is 10.4 Å². The molecule has 3 aromatic carbocycles. The fourth-order valence-electron chi connectivity index (χ4n) is 5.21. The van der Waals surface area contributed by atoms with Gasteiger partial charge in [0.25, 0.3) is 0 Å². The van der Waals surface area contributed by atoms with E-state index in [0.29, 0.717) is 10.9 Å².